The van der Waals surface area contributed by atoms with Crippen LogP contribution in [0.2, 0.25) is 0 Å². The number of pyridine rings is 1. The van der Waals surface area contributed by atoms with Gasteiger partial charge in [0.1, 0.15) is 11.5 Å². The number of rotatable bonds is 10. The molecule has 0 saturated carbocycles. The van der Waals surface area contributed by atoms with E-state index in [1.165, 1.54) is 57.6 Å². The molecule has 0 atom stereocenters. The molecule has 4 aromatic rings. The molecule has 5 heterocycles. The number of H-pyrrole nitrogens is 1. The number of aromatic nitrogens is 2. The van der Waals surface area contributed by atoms with E-state index in [1.54, 1.807) is 7.11 Å². The molecule has 1 N–H and O–H groups in total. The summed E-state index contributed by atoms with van der Waals surface area (Å²) in [6.45, 7) is 8.63. The van der Waals surface area contributed by atoms with Crippen LogP contribution in [0.5, 0.6) is 11.5 Å². The predicted molar refractivity (Wildman–Crippen MR) is 157 cm³/mol. The fraction of sp³-hybridized carbons (Fsp3) is 0.531. The molecule has 0 unspecified atom stereocenters. The number of hydrogen-bond donors (Lipinski definition) is 1. The lowest BCUT2D eigenvalue weighted by Crippen LogP contribution is -2.30. The zero-order chi connectivity index (χ0) is 26.8. The van der Waals surface area contributed by atoms with E-state index in [1.807, 2.05) is 6.07 Å². The molecule has 7 heteroatoms. The molecule has 39 heavy (non-hydrogen) atoms. The Morgan fingerprint density at radius 3 is 2.59 bits per heavy atom. The van der Waals surface area contributed by atoms with Crippen molar-refractivity contribution in [2.24, 2.45) is 5.92 Å². The van der Waals surface area contributed by atoms with Crippen molar-refractivity contribution in [1.29, 1.82) is 0 Å². The number of benzene rings is 1. The average molecular weight is 531 g/mol. The largest absolute Gasteiger partial charge is 0.493 e. The van der Waals surface area contributed by atoms with Crippen LogP contribution in [-0.4, -0.2) is 73.3 Å². The summed E-state index contributed by atoms with van der Waals surface area (Å²) in [4.78, 5) is 13.9. The Labute approximate surface area is 231 Å². The van der Waals surface area contributed by atoms with Gasteiger partial charge >= 0.3 is 0 Å². The molecule has 2 fully saturated rings. The lowest BCUT2D eigenvalue weighted by molar-refractivity contribution is 0.218. The highest BCUT2D eigenvalue weighted by atomic mass is 16.5. The Hall–Kier alpha value is -3.03. The second kappa shape index (κ2) is 11.6. The van der Waals surface area contributed by atoms with E-state index in [0.29, 0.717) is 12.5 Å². The lowest BCUT2D eigenvalue weighted by Gasteiger charge is -2.28. The second-order valence-electron chi connectivity index (χ2n) is 11.4. The number of piperidine rings is 1. The lowest BCUT2D eigenvalue weighted by atomic mass is 9.92. The fourth-order valence-electron chi connectivity index (χ4n) is 6.25. The van der Waals surface area contributed by atoms with Crippen LogP contribution < -0.4 is 9.47 Å². The standard InChI is InChI=1S/C32H42N4O3/c1-4-24-8-9-28(39-24)32-26-19-23(18-22-10-15-35(2)16-11-22)33-31(26)25-20-29(37-3)30(21-27(25)34-32)38-17-7-14-36-12-5-6-13-36/h8-9,19-22,33H,4-7,10-18H2,1-3H3. The van der Waals surface area contributed by atoms with E-state index in [4.69, 9.17) is 18.9 Å². The minimum Gasteiger partial charge on any atom is -0.493 e. The minimum atomic E-state index is 0.661. The van der Waals surface area contributed by atoms with Crippen molar-refractivity contribution in [3.63, 3.8) is 0 Å². The molecule has 1 aromatic carbocycles. The summed E-state index contributed by atoms with van der Waals surface area (Å²) in [7, 11) is 3.93. The molecule has 7 nitrogen and oxygen atoms in total. The van der Waals surface area contributed by atoms with Gasteiger partial charge in [0.05, 0.1) is 24.8 Å². The molecule has 6 rings (SSSR count). The first-order chi connectivity index (χ1) is 19.1. The third kappa shape index (κ3) is 5.66. The Kier molecular flexibility index (Phi) is 7.80. The van der Waals surface area contributed by atoms with E-state index < -0.39 is 0 Å². The molecule has 2 aliphatic rings. The summed E-state index contributed by atoms with van der Waals surface area (Å²) in [6, 6.07) is 10.5. The van der Waals surface area contributed by atoms with Crippen LogP contribution in [0.3, 0.4) is 0 Å². The number of aryl methyl sites for hydroxylation is 1. The number of ether oxygens (including phenoxy) is 2. The summed E-state index contributed by atoms with van der Waals surface area (Å²) in [5.41, 5.74) is 4.12. The number of furan rings is 1. The maximum absolute atomic E-state index is 6.26. The first-order valence-corrected chi connectivity index (χ1v) is 14.8. The highest BCUT2D eigenvalue weighted by Gasteiger charge is 2.22. The van der Waals surface area contributed by atoms with Gasteiger partial charge < -0.3 is 28.7 Å². The molecule has 3 aromatic heterocycles. The fourth-order valence-corrected chi connectivity index (χ4v) is 6.25. The Morgan fingerprint density at radius 2 is 1.85 bits per heavy atom. The quantitative estimate of drug-likeness (QED) is 0.243. The minimum absolute atomic E-state index is 0.661. The number of fused-ring (bicyclic) bond motifs is 3. The van der Waals surface area contributed by atoms with Gasteiger partial charge in [-0.15, -0.1) is 0 Å². The SMILES string of the molecule is CCc1ccc(-c2nc3cc(OCCCN4CCCC4)c(OC)cc3c3[nH]c(CC4CCN(C)CC4)cc23)o1. The van der Waals surface area contributed by atoms with E-state index in [-0.39, 0.29) is 0 Å². The molecule has 0 aliphatic carbocycles. The van der Waals surface area contributed by atoms with Crippen molar-refractivity contribution in [3.05, 3.63) is 41.8 Å². The number of methoxy groups -OCH3 is 1. The monoisotopic (exact) mass is 530 g/mol. The van der Waals surface area contributed by atoms with Gasteiger partial charge in [0.2, 0.25) is 0 Å². The number of aromatic amines is 1. The van der Waals surface area contributed by atoms with E-state index in [2.05, 4.69) is 53.0 Å². The molecule has 208 valence electrons. The van der Waals surface area contributed by atoms with Crippen molar-refractivity contribution < 1.29 is 13.9 Å². The van der Waals surface area contributed by atoms with E-state index in [0.717, 1.165) is 76.3 Å². The molecular weight excluding hydrogens is 488 g/mol. The van der Waals surface area contributed by atoms with Gasteiger partial charge in [-0.25, -0.2) is 4.98 Å². The third-order valence-corrected chi connectivity index (χ3v) is 8.58. The summed E-state index contributed by atoms with van der Waals surface area (Å²) in [5.74, 6) is 3.97. The maximum atomic E-state index is 6.26. The van der Waals surface area contributed by atoms with E-state index in [9.17, 15) is 0 Å². The molecule has 0 amide bonds. The van der Waals surface area contributed by atoms with Crippen LogP contribution in [0.25, 0.3) is 33.3 Å². The van der Waals surface area contributed by atoms with Crippen molar-refractivity contribution >= 4 is 21.8 Å². The van der Waals surface area contributed by atoms with Gasteiger partial charge in [-0.1, -0.05) is 6.92 Å². The smallest absolute Gasteiger partial charge is 0.163 e. The molecule has 0 bridgehead atoms. The highest BCUT2D eigenvalue weighted by Crippen LogP contribution is 2.39. The van der Waals surface area contributed by atoms with Gasteiger partial charge in [0.15, 0.2) is 17.3 Å². The van der Waals surface area contributed by atoms with Crippen LogP contribution in [-0.2, 0) is 12.8 Å². The molecule has 2 saturated heterocycles. The summed E-state index contributed by atoms with van der Waals surface area (Å²) in [6.07, 6.45) is 8.02. The van der Waals surface area contributed by atoms with E-state index >= 15 is 0 Å². The summed E-state index contributed by atoms with van der Waals surface area (Å²) < 4.78 is 18.3. The molecule has 0 spiro atoms. The van der Waals surface area contributed by atoms with Gasteiger partial charge in [-0.3, -0.25) is 0 Å². The topological polar surface area (TPSA) is 66.8 Å². The molecule has 2 aliphatic heterocycles. The van der Waals surface area contributed by atoms with Crippen molar-refractivity contribution in [1.82, 2.24) is 19.8 Å². The zero-order valence-electron chi connectivity index (χ0n) is 23.7. The predicted octanol–water partition coefficient (Wildman–Crippen LogP) is 6.30. The van der Waals surface area contributed by atoms with Crippen LogP contribution in [0.15, 0.2) is 34.7 Å². The zero-order valence-corrected chi connectivity index (χ0v) is 23.7. The first-order valence-electron chi connectivity index (χ1n) is 14.8. The van der Waals surface area contributed by atoms with Crippen LogP contribution in [0, 0.1) is 5.92 Å². The van der Waals surface area contributed by atoms with Crippen LogP contribution >= 0.6 is 0 Å². The van der Waals surface area contributed by atoms with Gasteiger partial charge in [0, 0.05) is 35.5 Å². The molecular formula is C32H42N4O3. The summed E-state index contributed by atoms with van der Waals surface area (Å²) >= 11 is 0. The highest BCUT2D eigenvalue weighted by molar-refractivity contribution is 6.10. The maximum Gasteiger partial charge on any atom is 0.163 e. The van der Waals surface area contributed by atoms with Crippen LogP contribution in [0.1, 0.15) is 50.5 Å². The van der Waals surface area contributed by atoms with Crippen molar-refractivity contribution in [2.75, 3.05) is 53.5 Å². The van der Waals surface area contributed by atoms with Crippen LogP contribution in [0.4, 0.5) is 0 Å². The number of nitrogens with one attached hydrogen (secondary N) is 1. The third-order valence-electron chi connectivity index (χ3n) is 8.58. The molecule has 0 radical (unpaired) electrons. The van der Waals surface area contributed by atoms with Crippen molar-refractivity contribution in [2.45, 2.75) is 51.9 Å². The van der Waals surface area contributed by atoms with Gasteiger partial charge in [0.25, 0.3) is 0 Å². The average Bonchev–Trinajstić information content (AvgIpc) is 3.73. The Bertz CT molecular complexity index is 1410. The van der Waals surface area contributed by atoms with Gasteiger partial charge in [-0.2, -0.15) is 0 Å². The Balaban J connectivity index is 1.35. The normalized spacial score (nSPS) is 17.5. The van der Waals surface area contributed by atoms with Crippen molar-refractivity contribution in [3.8, 4) is 23.0 Å². The first kappa shape index (κ1) is 26.2. The van der Waals surface area contributed by atoms with Gasteiger partial charge in [-0.05, 0) is 102 Å². The number of likely N-dealkylation sites (tertiary alicyclic amines) is 2. The Morgan fingerprint density at radius 1 is 1.03 bits per heavy atom. The number of hydrogen-bond acceptors (Lipinski definition) is 6. The second-order valence-corrected chi connectivity index (χ2v) is 11.4. The summed E-state index contributed by atoms with van der Waals surface area (Å²) in [5, 5.41) is 2.15. The number of nitrogens with zero attached hydrogens (tertiary/aromatic N) is 3.